The molecule has 0 aromatic carbocycles. The zero-order valence-corrected chi connectivity index (χ0v) is 7.10. The first-order valence-corrected chi connectivity index (χ1v) is 3.54. The number of hydrogen-bond donors (Lipinski definition) is 2. The molecule has 0 aromatic rings. The van der Waals surface area contributed by atoms with Crippen LogP contribution in [0.3, 0.4) is 0 Å². The van der Waals surface area contributed by atoms with Crippen LogP contribution < -0.4 is 10.6 Å². The maximum absolute atomic E-state index is 11.1. The first-order valence-electron chi connectivity index (χ1n) is 3.54. The van der Waals surface area contributed by atoms with Gasteiger partial charge in [0.15, 0.2) is 0 Å². The zero-order chi connectivity index (χ0) is 8.91. The number of carbonyl (C=O) groups excluding carboxylic acids is 2. The van der Waals surface area contributed by atoms with Crippen molar-refractivity contribution in [1.82, 2.24) is 10.6 Å². The average Bonchev–Trinajstić information content (AvgIpc) is 1.88. The molecule has 0 aromatic heterocycles. The van der Waals surface area contributed by atoms with E-state index in [9.17, 15) is 9.59 Å². The van der Waals surface area contributed by atoms with E-state index in [4.69, 9.17) is 0 Å². The van der Waals surface area contributed by atoms with Crippen LogP contribution in [0.1, 0.15) is 20.8 Å². The minimum absolute atomic E-state index is 0.174. The van der Waals surface area contributed by atoms with Gasteiger partial charge in [0.1, 0.15) is 5.54 Å². The van der Waals surface area contributed by atoms with Gasteiger partial charge in [-0.25, -0.2) is 0 Å². The molecule has 0 heterocycles. The molecule has 0 unspecified atom stereocenters. The number of carbonyl (C=O) groups is 2. The molecular formula is C7H14N2O2. The highest BCUT2D eigenvalue weighted by molar-refractivity contribution is 5.87. The third-order valence-electron chi connectivity index (χ3n) is 1.32. The molecular weight excluding hydrogens is 144 g/mol. The van der Waals surface area contributed by atoms with Crippen molar-refractivity contribution in [3.8, 4) is 0 Å². The molecule has 0 rings (SSSR count). The van der Waals surface area contributed by atoms with Crippen LogP contribution in [0.25, 0.3) is 0 Å². The fourth-order valence-electron chi connectivity index (χ4n) is 0.594. The van der Waals surface area contributed by atoms with Gasteiger partial charge in [0.2, 0.25) is 12.3 Å². The van der Waals surface area contributed by atoms with Crippen LogP contribution in [0.5, 0.6) is 0 Å². The topological polar surface area (TPSA) is 58.2 Å². The third kappa shape index (κ3) is 3.02. The van der Waals surface area contributed by atoms with Gasteiger partial charge in [-0.15, -0.1) is 0 Å². The van der Waals surface area contributed by atoms with Gasteiger partial charge in [-0.3, -0.25) is 9.59 Å². The van der Waals surface area contributed by atoms with E-state index in [1.807, 2.05) is 6.92 Å². The Balaban J connectivity index is 4.05. The Morgan fingerprint density at radius 1 is 1.55 bits per heavy atom. The third-order valence-corrected chi connectivity index (χ3v) is 1.32. The Morgan fingerprint density at radius 2 is 2.09 bits per heavy atom. The number of nitrogens with one attached hydrogen (secondary N) is 2. The molecule has 0 saturated carbocycles. The first-order chi connectivity index (χ1) is 5.04. The summed E-state index contributed by atoms with van der Waals surface area (Å²) in [6.07, 6.45) is 0.523. The summed E-state index contributed by atoms with van der Waals surface area (Å²) >= 11 is 0. The van der Waals surface area contributed by atoms with Gasteiger partial charge >= 0.3 is 0 Å². The number of hydrogen-bond acceptors (Lipinski definition) is 2. The van der Waals surface area contributed by atoms with Crippen molar-refractivity contribution < 1.29 is 9.59 Å². The van der Waals surface area contributed by atoms with E-state index in [1.54, 1.807) is 13.8 Å². The monoisotopic (exact) mass is 158 g/mol. The summed E-state index contributed by atoms with van der Waals surface area (Å²) in [5, 5.41) is 5.02. The fraction of sp³-hybridized carbons (Fsp3) is 0.714. The van der Waals surface area contributed by atoms with Crippen molar-refractivity contribution in [2.75, 3.05) is 6.54 Å². The molecule has 0 aliphatic carbocycles. The average molecular weight is 158 g/mol. The van der Waals surface area contributed by atoms with Gasteiger partial charge in [-0.1, -0.05) is 0 Å². The lowest BCUT2D eigenvalue weighted by atomic mass is 10.1. The molecule has 64 valence electrons. The minimum atomic E-state index is -0.808. The lowest BCUT2D eigenvalue weighted by Gasteiger charge is -2.21. The van der Waals surface area contributed by atoms with E-state index < -0.39 is 5.54 Å². The second kappa shape index (κ2) is 3.95. The summed E-state index contributed by atoms with van der Waals surface area (Å²) in [5.41, 5.74) is -0.808. The van der Waals surface area contributed by atoms with Gasteiger partial charge in [0, 0.05) is 6.54 Å². The lowest BCUT2D eigenvalue weighted by Crippen LogP contribution is -2.52. The van der Waals surface area contributed by atoms with E-state index in [-0.39, 0.29) is 5.91 Å². The largest absolute Gasteiger partial charge is 0.354 e. The van der Waals surface area contributed by atoms with Gasteiger partial charge in [-0.2, -0.15) is 0 Å². The molecule has 0 radical (unpaired) electrons. The van der Waals surface area contributed by atoms with Crippen LogP contribution >= 0.6 is 0 Å². The predicted octanol–water partition coefficient (Wildman–Crippen LogP) is -0.353. The van der Waals surface area contributed by atoms with Crippen LogP contribution in [-0.2, 0) is 9.59 Å². The molecule has 0 bridgehead atoms. The predicted molar refractivity (Wildman–Crippen MR) is 42.0 cm³/mol. The smallest absolute Gasteiger partial charge is 0.245 e. The Kier molecular flexibility index (Phi) is 3.57. The Hall–Kier alpha value is -1.06. The highest BCUT2D eigenvalue weighted by atomic mass is 16.2. The second-order valence-corrected chi connectivity index (χ2v) is 2.75. The van der Waals surface area contributed by atoms with Crippen LogP contribution in [0.4, 0.5) is 0 Å². The maximum atomic E-state index is 11.1. The van der Waals surface area contributed by atoms with Crippen molar-refractivity contribution >= 4 is 12.3 Å². The maximum Gasteiger partial charge on any atom is 0.245 e. The van der Waals surface area contributed by atoms with E-state index in [2.05, 4.69) is 10.6 Å². The Bertz CT molecular complexity index is 155. The number of amides is 2. The SMILES string of the molecule is CCNC(=O)C(C)(C)NC=O. The molecule has 0 fully saturated rings. The standard InChI is InChI=1S/C7H14N2O2/c1-4-8-6(11)7(2,3)9-5-10/h5H,4H2,1-3H3,(H,8,11)(H,9,10). The van der Waals surface area contributed by atoms with E-state index in [0.29, 0.717) is 13.0 Å². The molecule has 0 saturated heterocycles. The summed E-state index contributed by atoms with van der Waals surface area (Å²) in [6, 6.07) is 0. The van der Waals surface area contributed by atoms with E-state index >= 15 is 0 Å². The van der Waals surface area contributed by atoms with E-state index in [1.165, 1.54) is 0 Å². The molecule has 2 N–H and O–H groups in total. The summed E-state index contributed by atoms with van der Waals surface area (Å²) in [5.74, 6) is -0.174. The first kappa shape index (κ1) is 9.94. The van der Waals surface area contributed by atoms with Gasteiger partial charge in [0.05, 0.1) is 0 Å². The van der Waals surface area contributed by atoms with Crippen LogP contribution in [0.2, 0.25) is 0 Å². The molecule has 2 amide bonds. The molecule has 11 heavy (non-hydrogen) atoms. The summed E-state index contributed by atoms with van der Waals surface area (Å²) in [6.45, 7) is 5.69. The highest BCUT2D eigenvalue weighted by Crippen LogP contribution is 1.99. The molecule has 0 spiro atoms. The molecule has 0 aliphatic rings. The highest BCUT2D eigenvalue weighted by Gasteiger charge is 2.25. The molecule has 0 atom stereocenters. The van der Waals surface area contributed by atoms with Gasteiger partial charge < -0.3 is 10.6 Å². The number of likely N-dealkylation sites (N-methyl/N-ethyl adjacent to an activating group) is 1. The minimum Gasteiger partial charge on any atom is -0.354 e. The van der Waals surface area contributed by atoms with Crippen molar-refractivity contribution in [2.24, 2.45) is 0 Å². The van der Waals surface area contributed by atoms with Crippen molar-refractivity contribution in [1.29, 1.82) is 0 Å². The van der Waals surface area contributed by atoms with Crippen LogP contribution in [-0.4, -0.2) is 24.4 Å². The van der Waals surface area contributed by atoms with Gasteiger partial charge in [-0.05, 0) is 20.8 Å². The normalized spacial score (nSPS) is 10.5. The summed E-state index contributed by atoms with van der Waals surface area (Å²) < 4.78 is 0. The van der Waals surface area contributed by atoms with E-state index in [0.717, 1.165) is 0 Å². The van der Waals surface area contributed by atoms with Crippen LogP contribution in [0.15, 0.2) is 0 Å². The Labute approximate surface area is 66.4 Å². The quantitative estimate of drug-likeness (QED) is 0.549. The summed E-state index contributed by atoms with van der Waals surface area (Å²) in [4.78, 5) is 21.2. The van der Waals surface area contributed by atoms with Crippen molar-refractivity contribution in [2.45, 2.75) is 26.3 Å². The Morgan fingerprint density at radius 3 is 2.45 bits per heavy atom. The van der Waals surface area contributed by atoms with Crippen molar-refractivity contribution in [3.63, 3.8) is 0 Å². The summed E-state index contributed by atoms with van der Waals surface area (Å²) in [7, 11) is 0. The van der Waals surface area contributed by atoms with Crippen LogP contribution in [0, 0.1) is 0 Å². The van der Waals surface area contributed by atoms with Gasteiger partial charge in [0.25, 0.3) is 0 Å². The zero-order valence-electron chi connectivity index (χ0n) is 7.10. The fourth-order valence-corrected chi connectivity index (χ4v) is 0.594. The second-order valence-electron chi connectivity index (χ2n) is 2.75. The van der Waals surface area contributed by atoms with Crippen molar-refractivity contribution in [3.05, 3.63) is 0 Å². The molecule has 4 heteroatoms. The lowest BCUT2D eigenvalue weighted by molar-refractivity contribution is -0.128. The number of rotatable bonds is 4. The molecule has 4 nitrogen and oxygen atoms in total. The molecule has 0 aliphatic heterocycles.